The van der Waals surface area contributed by atoms with Crippen LogP contribution in [0, 0.1) is 11.8 Å². The Bertz CT molecular complexity index is 1150. The predicted molar refractivity (Wildman–Crippen MR) is 133 cm³/mol. The lowest BCUT2D eigenvalue weighted by atomic mass is 9.98. The van der Waals surface area contributed by atoms with Gasteiger partial charge in [-0.25, -0.2) is 0 Å². The van der Waals surface area contributed by atoms with E-state index < -0.39 is 0 Å². The SMILES string of the molecule is CCc1ccc2c(OCCOC(=O)C(C)C)c3ccccc3c(OCCOC(=O)C(C)C)c2c1. The number of fused-ring (bicyclic) bond motifs is 2. The molecular weight excluding hydrogens is 432 g/mol. The van der Waals surface area contributed by atoms with E-state index in [0.29, 0.717) is 0 Å². The number of benzene rings is 3. The van der Waals surface area contributed by atoms with Gasteiger partial charge in [-0.15, -0.1) is 0 Å². The van der Waals surface area contributed by atoms with Gasteiger partial charge >= 0.3 is 11.9 Å². The molecule has 3 aromatic carbocycles. The Morgan fingerprint density at radius 3 is 1.62 bits per heavy atom. The molecule has 0 atom stereocenters. The van der Waals surface area contributed by atoms with E-state index in [-0.39, 0.29) is 50.2 Å². The minimum Gasteiger partial charge on any atom is -0.489 e. The van der Waals surface area contributed by atoms with Crippen molar-refractivity contribution >= 4 is 33.5 Å². The normalized spacial score (nSPS) is 11.3. The summed E-state index contributed by atoms with van der Waals surface area (Å²) in [6.07, 6.45) is 0.884. The van der Waals surface area contributed by atoms with E-state index in [1.165, 1.54) is 5.56 Å². The summed E-state index contributed by atoms with van der Waals surface area (Å²) in [5.41, 5.74) is 1.18. The molecule has 0 spiro atoms. The quantitative estimate of drug-likeness (QED) is 0.205. The number of aryl methyl sites for hydroxylation is 1. The number of hydrogen-bond donors (Lipinski definition) is 0. The molecule has 0 fully saturated rings. The zero-order valence-electron chi connectivity index (χ0n) is 20.7. The zero-order valence-corrected chi connectivity index (χ0v) is 20.7. The van der Waals surface area contributed by atoms with Crippen LogP contribution in [0.2, 0.25) is 0 Å². The maximum atomic E-state index is 11.8. The zero-order chi connectivity index (χ0) is 24.7. The summed E-state index contributed by atoms with van der Waals surface area (Å²) < 4.78 is 22.9. The van der Waals surface area contributed by atoms with Crippen molar-refractivity contribution in [1.29, 1.82) is 0 Å². The largest absolute Gasteiger partial charge is 0.489 e. The molecule has 3 aromatic rings. The Hall–Kier alpha value is -3.28. The van der Waals surface area contributed by atoms with Crippen LogP contribution in [0.25, 0.3) is 21.5 Å². The van der Waals surface area contributed by atoms with E-state index in [0.717, 1.165) is 39.5 Å². The molecule has 0 N–H and O–H groups in total. The fourth-order valence-corrected chi connectivity index (χ4v) is 3.58. The molecule has 6 heteroatoms. The molecule has 0 saturated carbocycles. The first-order chi connectivity index (χ1) is 16.3. The minimum atomic E-state index is -0.243. The third kappa shape index (κ3) is 5.99. The van der Waals surface area contributed by atoms with Crippen molar-refractivity contribution in [3.05, 3.63) is 48.0 Å². The van der Waals surface area contributed by atoms with Gasteiger partial charge in [-0.2, -0.15) is 0 Å². The fourth-order valence-electron chi connectivity index (χ4n) is 3.58. The van der Waals surface area contributed by atoms with Crippen molar-refractivity contribution in [2.75, 3.05) is 26.4 Å². The predicted octanol–water partition coefficient (Wildman–Crippen LogP) is 5.71. The van der Waals surface area contributed by atoms with Gasteiger partial charge in [0.25, 0.3) is 0 Å². The van der Waals surface area contributed by atoms with E-state index >= 15 is 0 Å². The van der Waals surface area contributed by atoms with Crippen molar-refractivity contribution in [2.24, 2.45) is 11.8 Å². The van der Waals surface area contributed by atoms with Crippen molar-refractivity contribution in [2.45, 2.75) is 41.0 Å². The highest BCUT2D eigenvalue weighted by atomic mass is 16.6. The van der Waals surface area contributed by atoms with Crippen LogP contribution in [0.3, 0.4) is 0 Å². The smallest absolute Gasteiger partial charge is 0.308 e. The minimum absolute atomic E-state index is 0.176. The second kappa shape index (κ2) is 11.7. The Kier molecular flexibility index (Phi) is 8.74. The second-order valence-corrected chi connectivity index (χ2v) is 8.78. The van der Waals surface area contributed by atoms with Gasteiger partial charge in [-0.1, -0.05) is 71.0 Å². The summed E-state index contributed by atoms with van der Waals surface area (Å²) in [4.78, 5) is 23.6. The van der Waals surface area contributed by atoms with Crippen molar-refractivity contribution in [3.8, 4) is 11.5 Å². The van der Waals surface area contributed by atoms with Crippen LogP contribution in [-0.4, -0.2) is 38.4 Å². The Labute approximate surface area is 201 Å². The van der Waals surface area contributed by atoms with Crippen LogP contribution in [0.5, 0.6) is 11.5 Å². The first-order valence-electron chi connectivity index (χ1n) is 11.9. The van der Waals surface area contributed by atoms with E-state index in [1.807, 2.05) is 30.3 Å². The summed E-state index contributed by atoms with van der Waals surface area (Å²) in [6.45, 7) is 10.2. The van der Waals surface area contributed by atoms with Gasteiger partial charge in [0.2, 0.25) is 0 Å². The van der Waals surface area contributed by atoms with Crippen molar-refractivity contribution in [1.82, 2.24) is 0 Å². The van der Waals surface area contributed by atoms with Crippen LogP contribution >= 0.6 is 0 Å². The standard InChI is InChI=1S/C28H34O6/c1-6-20-11-12-23-24(17-20)26(32-14-16-34-28(30)19(4)5)22-10-8-7-9-21(22)25(23)31-13-15-33-27(29)18(2)3/h7-12,17-19H,6,13-16H2,1-5H3. The number of esters is 2. The summed E-state index contributed by atoms with van der Waals surface area (Å²) in [6, 6.07) is 14.1. The molecule has 0 heterocycles. The molecule has 0 aliphatic rings. The van der Waals surface area contributed by atoms with E-state index in [1.54, 1.807) is 27.7 Å². The molecule has 0 aliphatic heterocycles. The number of carbonyl (C=O) groups is 2. The second-order valence-electron chi connectivity index (χ2n) is 8.78. The molecule has 0 aromatic heterocycles. The van der Waals surface area contributed by atoms with Gasteiger partial charge in [0.05, 0.1) is 11.8 Å². The Morgan fingerprint density at radius 1 is 0.676 bits per heavy atom. The molecule has 6 nitrogen and oxygen atoms in total. The van der Waals surface area contributed by atoms with Crippen LogP contribution in [0.1, 0.15) is 40.2 Å². The van der Waals surface area contributed by atoms with Crippen molar-refractivity contribution in [3.63, 3.8) is 0 Å². The van der Waals surface area contributed by atoms with Gasteiger partial charge in [-0.3, -0.25) is 9.59 Å². The van der Waals surface area contributed by atoms with Gasteiger partial charge in [-0.05, 0) is 18.1 Å². The number of carbonyl (C=O) groups excluding carboxylic acids is 2. The molecule has 0 unspecified atom stereocenters. The van der Waals surface area contributed by atoms with E-state index in [9.17, 15) is 9.59 Å². The third-order valence-electron chi connectivity index (χ3n) is 5.49. The molecule has 0 amide bonds. The highest BCUT2D eigenvalue weighted by Crippen LogP contribution is 2.43. The molecule has 3 rings (SSSR count). The first kappa shape index (κ1) is 25.3. The topological polar surface area (TPSA) is 71.1 Å². The molecule has 0 radical (unpaired) electrons. The van der Waals surface area contributed by atoms with Crippen LogP contribution in [-0.2, 0) is 25.5 Å². The Balaban J connectivity index is 1.93. The van der Waals surface area contributed by atoms with Crippen molar-refractivity contribution < 1.29 is 28.5 Å². The van der Waals surface area contributed by atoms with Crippen LogP contribution < -0.4 is 9.47 Å². The fraction of sp³-hybridized carbons (Fsp3) is 0.429. The monoisotopic (exact) mass is 466 g/mol. The third-order valence-corrected chi connectivity index (χ3v) is 5.49. The van der Waals surface area contributed by atoms with E-state index in [2.05, 4.69) is 19.1 Å². The van der Waals surface area contributed by atoms with Crippen LogP contribution in [0.15, 0.2) is 42.5 Å². The summed E-state index contributed by atoms with van der Waals surface area (Å²) in [5.74, 6) is 0.629. The lowest BCUT2D eigenvalue weighted by molar-refractivity contribution is -0.148. The van der Waals surface area contributed by atoms with Gasteiger partial charge in [0.1, 0.15) is 37.9 Å². The Morgan fingerprint density at radius 2 is 1.15 bits per heavy atom. The first-order valence-corrected chi connectivity index (χ1v) is 11.9. The average Bonchev–Trinajstić information content (AvgIpc) is 2.83. The molecule has 34 heavy (non-hydrogen) atoms. The maximum Gasteiger partial charge on any atom is 0.308 e. The lowest BCUT2D eigenvalue weighted by Gasteiger charge is -2.19. The summed E-state index contributed by atoms with van der Waals surface area (Å²) in [5, 5.41) is 3.67. The van der Waals surface area contributed by atoms with Gasteiger partial charge < -0.3 is 18.9 Å². The average molecular weight is 467 g/mol. The number of hydrogen-bond acceptors (Lipinski definition) is 6. The van der Waals surface area contributed by atoms with Crippen LogP contribution in [0.4, 0.5) is 0 Å². The maximum absolute atomic E-state index is 11.8. The molecule has 0 bridgehead atoms. The summed E-state index contributed by atoms with van der Waals surface area (Å²) in [7, 11) is 0. The molecule has 0 aliphatic carbocycles. The number of ether oxygens (including phenoxy) is 4. The van der Waals surface area contributed by atoms with E-state index in [4.69, 9.17) is 18.9 Å². The lowest BCUT2D eigenvalue weighted by Crippen LogP contribution is -2.17. The molecule has 0 saturated heterocycles. The highest BCUT2D eigenvalue weighted by molar-refractivity contribution is 6.11. The highest BCUT2D eigenvalue weighted by Gasteiger charge is 2.17. The van der Waals surface area contributed by atoms with Gasteiger partial charge in [0, 0.05) is 21.5 Å². The molecule has 182 valence electrons. The van der Waals surface area contributed by atoms with Gasteiger partial charge in [0.15, 0.2) is 0 Å². The number of rotatable bonds is 11. The molecular formula is C28H34O6. The summed E-state index contributed by atoms with van der Waals surface area (Å²) >= 11 is 0.